The standard InChI is InChI=1S/C21H19N5O4/c1-26-11-10-21(29,20(26)28)9-8-13-4-3-5-14(12-13)22-19(27)17-15-6-7-16(30-2)23-18(15)25-24-17/h3-7,12,29H,10-11H2,1-2H3,(H,22,27)(H,23,24,25)/t21-/m0/s1. The van der Waals surface area contributed by atoms with Gasteiger partial charge in [-0.05, 0) is 24.3 Å². The van der Waals surface area contributed by atoms with Gasteiger partial charge in [0.2, 0.25) is 11.5 Å². The number of likely N-dealkylation sites (tertiary alicyclic amines) is 1. The van der Waals surface area contributed by atoms with Gasteiger partial charge in [0.1, 0.15) is 5.69 Å². The Morgan fingerprint density at radius 3 is 2.93 bits per heavy atom. The molecule has 30 heavy (non-hydrogen) atoms. The molecule has 1 aromatic carbocycles. The van der Waals surface area contributed by atoms with Gasteiger partial charge in [-0.1, -0.05) is 17.9 Å². The van der Waals surface area contributed by atoms with Crippen molar-refractivity contribution in [2.45, 2.75) is 12.0 Å². The van der Waals surface area contributed by atoms with E-state index in [2.05, 4.69) is 32.3 Å². The maximum atomic E-state index is 12.7. The summed E-state index contributed by atoms with van der Waals surface area (Å²) in [5.41, 5.74) is 0.0445. The van der Waals surface area contributed by atoms with Crippen LogP contribution in [0.3, 0.4) is 0 Å². The van der Waals surface area contributed by atoms with Crippen molar-refractivity contribution < 1.29 is 19.4 Å². The SMILES string of the molecule is COc1ccc2c(C(=O)Nc3cccc(C#C[C@]4(O)CCN(C)C4=O)c3)[nH]nc2n1. The largest absolute Gasteiger partial charge is 0.481 e. The highest BCUT2D eigenvalue weighted by Crippen LogP contribution is 2.22. The molecule has 3 N–H and O–H groups in total. The molecule has 4 rings (SSSR count). The number of benzene rings is 1. The Bertz CT molecular complexity index is 1210. The fraction of sp³-hybridized carbons (Fsp3) is 0.238. The number of methoxy groups -OCH3 is 1. The Morgan fingerprint density at radius 1 is 1.37 bits per heavy atom. The average molecular weight is 405 g/mol. The molecule has 0 aliphatic carbocycles. The number of aromatic nitrogens is 3. The number of carbonyl (C=O) groups is 2. The lowest BCUT2D eigenvalue weighted by molar-refractivity contribution is -0.137. The van der Waals surface area contributed by atoms with Crippen molar-refractivity contribution in [3.8, 4) is 17.7 Å². The minimum Gasteiger partial charge on any atom is -0.481 e. The quantitative estimate of drug-likeness (QED) is 0.563. The first-order valence-electron chi connectivity index (χ1n) is 9.21. The molecule has 2 aromatic heterocycles. The Hall–Kier alpha value is -3.90. The van der Waals surface area contributed by atoms with E-state index in [1.165, 1.54) is 12.0 Å². The fourth-order valence-corrected chi connectivity index (χ4v) is 3.18. The number of amides is 2. The maximum absolute atomic E-state index is 12.7. The first kappa shape index (κ1) is 19.4. The van der Waals surface area contributed by atoms with Crippen LogP contribution in [0.4, 0.5) is 5.69 Å². The van der Waals surface area contributed by atoms with Crippen LogP contribution in [0.15, 0.2) is 36.4 Å². The number of aliphatic hydroxyl groups is 1. The zero-order valence-electron chi connectivity index (χ0n) is 16.4. The van der Waals surface area contributed by atoms with Crippen molar-refractivity contribution in [1.29, 1.82) is 0 Å². The summed E-state index contributed by atoms with van der Waals surface area (Å²) in [7, 11) is 3.13. The zero-order chi connectivity index (χ0) is 21.3. The molecule has 0 spiro atoms. The summed E-state index contributed by atoms with van der Waals surface area (Å²) in [6.07, 6.45) is 0.261. The molecule has 3 aromatic rings. The second-order valence-electron chi connectivity index (χ2n) is 6.95. The van der Waals surface area contributed by atoms with Gasteiger partial charge in [-0.2, -0.15) is 10.1 Å². The minimum atomic E-state index is -1.67. The summed E-state index contributed by atoms with van der Waals surface area (Å²) in [6, 6.07) is 10.2. The Kier molecular flexibility index (Phi) is 4.85. The molecule has 9 nitrogen and oxygen atoms in total. The Labute approximate surface area is 172 Å². The molecule has 1 aliphatic heterocycles. The van der Waals surface area contributed by atoms with Gasteiger partial charge in [-0.25, -0.2) is 0 Å². The highest BCUT2D eigenvalue weighted by molar-refractivity contribution is 6.10. The summed E-state index contributed by atoms with van der Waals surface area (Å²) in [5.74, 6) is 5.10. The third kappa shape index (κ3) is 3.56. The third-order valence-electron chi connectivity index (χ3n) is 4.87. The van der Waals surface area contributed by atoms with E-state index in [4.69, 9.17) is 4.74 Å². The van der Waals surface area contributed by atoms with Crippen molar-refractivity contribution >= 4 is 28.5 Å². The van der Waals surface area contributed by atoms with Gasteiger partial charge in [0.15, 0.2) is 5.65 Å². The molecule has 0 bridgehead atoms. The number of rotatable bonds is 3. The first-order valence-corrected chi connectivity index (χ1v) is 9.21. The van der Waals surface area contributed by atoms with E-state index in [9.17, 15) is 14.7 Å². The number of pyridine rings is 1. The number of aromatic amines is 1. The molecule has 1 fully saturated rings. The van der Waals surface area contributed by atoms with Crippen LogP contribution in [0.5, 0.6) is 5.88 Å². The number of hydrogen-bond acceptors (Lipinski definition) is 6. The Balaban J connectivity index is 1.54. The van der Waals surface area contributed by atoms with E-state index in [0.29, 0.717) is 34.7 Å². The summed E-state index contributed by atoms with van der Waals surface area (Å²) >= 11 is 0. The van der Waals surface area contributed by atoms with Crippen LogP contribution in [-0.4, -0.2) is 63.3 Å². The van der Waals surface area contributed by atoms with E-state index in [1.54, 1.807) is 43.4 Å². The number of carbonyl (C=O) groups excluding carboxylic acids is 2. The number of nitrogens with zero attached hydrogens (tertiary/aromatic N) is 3. The van der Waals surface area contributed by atoms with Crippen LogP contribution in [0, 0.1) is 11.8 Å². The summed E-state index contributed by atoms with van der Waals surface area (Å²) < 4.78 is 5.06. The van der Waals surface area contributed by atoms with Gasteiger partial charge >= 0.3 is 0 Å². The van der Waals surface area contributed by atoms with Gasteiger partial charge < -0.3 is 20.1 Å². The van der Waals surface area contributed by atoms with Gasteiger partial charge in [-0.15, -0.1) is 0 Å². The maximum Gasteiger partial charge on any atom is 0.274 e. The molecule has 1 saturated heterocycles. The monoisotopic (exact) mass is 405 g/mol. The van der Waals surface area contributed by atoms with Crippen LogP contribution >= 0.6 is 0 Å². The van der Waals surface area contributed by atoms with Crippen LogP contribution in [0.25, 0.3) is 11.0 Å². The fourth-order valence-electron chi connectivity index (χ4n) is 3.18. The number of H-pyrrole nitrogens is 1. The lowest BCUT2D eigenvalue weighted by Crippen LogP contribution is -2.37. The number of fused-ring (bicyclic) bond motifs is 1. The molecule has 1 aliphatic rings. The zero-order valence-corrected chi connectivity index (χ0v) is 16.4. The summed E-state index contributed by atoms with van der Waals surface area (Å²) in [5, 5.41) is 20.5. The predicted molar refractivity (Wildman–Crippen MR) is 109 cm³/mol. The van der Waals surface area contributed by atoms with E-state index in [-0.39, 0.29) is 18.0 Å². The summed E-state index contributed by atoms with van der Waals surface area (Å²) in [4.78, 5) is 30.3. The van der Waals surface area contributed by atoms with Crippen LogP contribution in [-0.2, 0) is 4.79 Å². The molecule has 0 saturated carbocycles. The Morgan fingerprint density at radius 2 is 2.20 bits per heavy atom. The molecule has 3 heterocycles. The second-order valence-corrected chi connectivity index (χ2v) is 6.95. The molecule has 9 heteroatoms. The van der Waals surface area contributed by atoms with Crippen molar-refractivity contribution in [1.82, 2.24) is 20.1 Å². The number of anilines is 1. The lowest BCUT2D eigenvalue weighted by Gasteiger charge is -2.13. The topological polar surface area (TPSA) is 120 Å². The second kappa shape index (κ2) is 7.50. The predicted octanol–water partition coefficient (Wildman–Crippen LogP) is 1.16. The van der Waals surface area contributed by atoms with Gasteiger partial charge in [-0.3, -0.25) is 14.7 Å². The first-order chi connectivity index (χ1) is 14.4. The van der Waals surface area contributed by atoms with Gasteiger partial charge in [0, 0.05) is 37.3 Å². The molecule has 0 unspecified atom stereocenters. The van der Waals surface area contributed by atoms with Crippen LogP contribution < -0.4 is 10.1 Å². The van der Waals surface area contributed by atoms with Gasteiger partial charge in [0.25, 0.3) is 11.8 Å². The number of hydrogen-bond donors (Lipinski definition) is 3. The minimum absolute atomic E-state index is 0.261. The molecule has 1 atom stereocenters. The number of nitrogens with one attached hydrogen (secondary N) is 2. The van der Waals surface area contributed by atoms with E-state index >= 15 is 0 Å². The van der Waals surface area contributed by atoms with E-state index in [1.807, 2.05) is 0 Å². The number of ether oxygens (including phenoxy) is 1. The normalized spacial score (nSPS) is 18.2. The highest BCUT2D eigenvalue weighted by atomic mass is 16.5. The third-order valence-corrected chi connectivity index (χ3v) is 4.87. The van der Waals surface area contributed by atoms with Crippen molar-refractivity contribution in [3.63, 3.8) is 0 Å². The smallest absolute Gasteiger partial charge is 0.274 e. The molecule has 2 amide bonds. The van der Waals surface area contributed by atoms with Crippen LogP contribution in [0.1, 0.15) is 22.5 Å². The van der Waals surface area contributed by atoms with Crippen molar-refractivity contribution in [3.05, 3.63) is 47.7 Å². The van der Waals surface area contributed by atoms with Gasteiger partial charge in [0.05, 0.1) is 12.5 Å². The van der Waals surface area contributed by atoms with E-state index in [0.717, 1.165) is 0 Å². The van der Waals surface area contributed by atoms with Crippen molar-refractivity contribution in [2.75, 3.05) is 26.0 Å². The van der Waals surface area contributed by atoms with Crippen LogP contribution in [0.2, 0.25) is 0 Å². The summed E-state index contributed by atoms with van der Waals surface area (Å²) in [6.45, 7) is 0.457. The number of likely N-dealkylation sites (N-methyl/N-ethyl adjacent to an activating group) is 1. The molecular formula is C21H19N5O4. The highest BCUT2D eigenvalue weighted by Gasteiger charge is 2.42. The van der Waals surface area contributed by atoms with Crippen molar-refractivity contribution in [2.24, 2.45) is 0 Å². The van der Waals surface area contributed by atoms with E-state index < -0.39 is 11.5 Å². The average Bonchev–Trinajstić information content (AvgIpc) is 3.29. The molecule has 152 valence electrons. The lowest BCUT2D eigenvalue weighted by atomic mass is 10.0. The molecule has 0 radical (unpaired) electrons. The molecular weight excluding hydrogens is 386 g/mol.